The monoisotopic (exact) mass is 200 g/mol. The van der Waals surface area contributed by atoms with Crippen LogP contribution in [0.2, 0.25) is 0 Å². The molecule has 1 N–H and O–H groups in total. The van der Waals surface area contributed by atoms with Gasteiger partial charge in [0.1, 0.15) is 0 Å². The van der Waals surface area contributed by atoms with E-state index in [-0.39, 0.29) is 0 Å². The Bertz CT molecular complexity index is 143. The largest absolute Gasteiger partial charge is 0.396 e. The van der Waals surface area contributed by atoms with E-state index < -0.39 is 0 Å². The van der Waals surface area contributed by atoms with Crippen molar-refractivity contribution < 1.29 is 9.84 Å². The molecule has 0 saturated heterocycles. The van der Waals surface area contributed by atoms with Gasteiger partial charge in [-0.2, -0.15) is 0 Å². The molecule has 0 aliphatic heterocycles. The first-order valence-electron chi connectivity index (χ1n) is 5.56. The van der Waals surface area contributed by atoms with E-state index >= 15 is 0 Å². The fourth-order valence-corrected chi connectivity index (χ4v) is 1.24. The second-order valence-corrected chi connectivity index (χ2v) is 3.92. The third-order valence-electron chi connectivity index (χ3n) is 2.21. The first-order valence-corrected chi connectivity index (χ1v) is 5.56. The van der Waals surface area contributed by atoms with Gasteiger partial charge in [0.15, 0.2) is 0 Å². The fraction of sp³-hybridized carbons (Fsp3) is 0.833. The van der Waals surface area contributed by atoms with Gasteiger partial charge in [0.25, 0.3) is 0 Å². The van der Waals surface area contributed by atoms with E-state index in [1.807, 2.05) is 6.92 Å². The van der Waals surface area contributed by atoms with Crippen molar-refractivity contribution in [3.63, 3.8) is 0 Å². The Balaban J connectivity index is 3.49. The highest BCUT2D eigenvalue weighted by atomic mass is 16.5. The van der Waals surface area contributed by atoms with Gasteiger partial charge in [0.2, 0.25) is 0 Å². The van der Waals surface area contributed by atoms with E-state index in [9.17, 15) is 0 Å². The molecule has 0 aromatic carbocycles. The molecule has 0 heterocycles. The smallest absolute Gasteiger partial charge is 0.0525 e. The highest BCUT2D eigenvalue weighted by Gasteiger charge is 1.99. The number of aliphatic hydroxyl groups excluding tert-OH is 1. The number of hydrogen-bond acceptors (Lipinski definition) is 2. The first-order chi connectivity index (χ1) is 6.70. The molecule has 0 rings (SSSR count). The zero-order valence-corrected chi connectivity index (χ0v) is 9.70. The zero-order valence-electron chi connectivity index (χ0n) is 9.70. The minimum atomic E-state index is 0.295. The Kier molecular flexibility index (Phi) is 9.00. The lowest BCUT2D eigenvalue weighted by Crippen LogP contribution is -2.03. The van der Waals surface area contributed by atoms with Crippen LogP contribution in [0.1, 0.15) is 33.6 Å². The zero-order chi connectivity index (χ0) is 10.8. The maximum absolute atomic E-state index is 8.72. The van der Waals surface area contributed by atoms with Crippen molar-refractivity contribution in [3.05, 3.63) is 12.2 Å². The third kappa shape index (κ3) is 8.27. The second-order valence-electron chi connectivity index (χ2n) is 3.92. The fourth-order valence-electron chi connectivity index (χ4n) is 1.24. The molecule has 0 aromatic heterocycles. The predicted molar refractivity (Wildman–Crippen MR) is 60.3 cm³/mol. The van der Waals surface area contributed by atoms with Crippen LogP contribution in [0.5, 0.6) is 0 Å². The highest BCUT2D eigenvalue weighted by molar-refractivity contribution is 4.87. The van der Waals surface area contributed by atoms with E-state index in [2.05, 4.69) is 26.0 Å². The van der Waals surface area contributed by atoms with Crippen molar-refractivity contribution in [1.29, 1.82) is 0 Å². The quantitative estimate of drug-likeness (QED) is 0.610. The van der Waals surface area contributed by atoms with Crippen molar-refractivity contribution in [2.75, 3.05) is 19.8 Å². The lowest BCUT2D eigenvalue weighted by molar-refractivity contribution is 0.129. The molecule has 0 bridgehead atoms. The summed E-state index contributed by atoms with van der Waals surface area (Å²) in [6.07, 6.45) is 6.34. The van der Waals surface area contributed by atoms with Crippen LogP contribution in [0.15, 0.2) is 12.2 Å². The van der Waals surface area contributed by atoms with Gasteiger partial charge in [-0.25, -0.2) is 0 Å². The van der Waals surface area contributed by atoms with Gasteiger partial charge in [-0.05, 0) is 31.6 Å². The van der Waals surface area contributed by atoms with Gasteiger partial charge < -0.3 is 9.84 Å². The molecule has 0 saturated carbocycles. The van der Waals surface area contributed by atoms with Crippen molar-refractivity contribution in [3.8, 4) is 0 Å². The van der Waals surface area contributed by atoms with E-state index in [0.717, 1.165) is 26.1 Å². The lowest BCUT2D eigenvalue weighted by Gasteiger charge is -2.07. The summed E-state index contributed by atoms with van der Waals surface area (Å²) < 4.78 is 5.31. The summed E-state index contributed by atoms with van der Waals surface area (Å²) in [6, 6.07) is 0. The van der Waals surface area contributed by atoms with Gasteiger partial charge in [-0.3, -0.25) is 0 Å². The normalized spacial score (nSPS) is 16.0. The summed E-state index contributed by atoms with van der Waals surface area (Å²) in [5.41, 5.74) is 0. The van der Waals surface area contributed by atoms with Gasteiger partial charge in [0, 0.05) is 13.2 Å². The predicted octanol–water partition coefficient (Wildman–Crippen LogP) is 2.62. The third-order valence-corrected chi connectivity index (χ3v) is 2.21. The molecule has 14 heavy (non-hydrogen) atoms. The molecule has 2 nitrogen and oxygen atoms in total. The van der Waals surface area contributed by atoms with E-state index in [0.29, 0.717) is 18.4 Å². The Morgan fingerprint density at radius 3 is 2.64 bits per heavy atom. The molecule has 0 spiro atoms. The minimum absolute atomic E-state index is 0.295. The van der Waals surface area contributed by atoms with Crippen LogP contribution in [0.3, 0.4) is 0 Å². The summed E-state index contributed by atoms with van der Waals surface area (Å²) in [5, 5.41) is 8.72. The lowest BCUT2D eigenvalue weighted by atomic mass is 10.0. The summed E-state index contributed by atoms with van der Waals surface area (Å²) in [4.78, 5) is 0. The Morgan fingerprint density at radius 2 is 2.07 bits per heavy atom. The van der Waals surface area contributed by atoms with Crippen LogP contribution in [0, 0.1) is 11.8 Å². The van der Waals surface area contributed by atoms with E-state index in [1.165, 1.54) is 0 Å². The summed E-state index contributed by atoms with van der Waals surface area (Å²) >= 11 is 0. The summed E-state index contributed by atoms with van der Waals surface area (Å²) in [6.45, 7) is 8.22. The van der Waals surface area contributed by atoms with E-state index in [4.69, 9.17) is 9.84 Å². The standard InChI is InChI=1S/C12H24O2/c1-4-14-10-12(3)7-5-6-11(2)8-9-13/h5,7,11-13H,4,6,8-10H2,1-3H3/b7-5+. The molecule has 0 radical (unpaired) electrons. The topological polar surface area (TPSA) is 29.5 Å². The van der Waals surface area contributed by atoms with Gasteiger partial charge in [-0.15, -0.1) is 0 Å². The number of rotatable bonds is 8. The van der Waals surface area contributed by atoms with Crippen molar-refractivity contribution in [1.82, 2.24) is 0 Å². The Hall–Kier alpha value is -0.340. The molecule has 0 aliphatic carbocycles. The molecular weight excluding hydrogens is 176 g/mol. The number of hydrogen-bond donors (Lipinski definition) is 1. The van der Waals surface area contributed by atoms with Crippen LogP contribution in [0.25, 0.3) is 0 Å². The molecule has 2 heteroatoms. The number of ether oxygens (including phenoxy) is 1. The van der Waals surface area contributed by atoms with Crippen LogP contribution in [-0.2, 0) is 4.74 Å². The molecule has 0 amide bonds. The van der Waals surface area contributed by atoms with E-state index in [1.54, 1.807) is 0 Å². The molecule has 2 atom stereocenters. The number of allylic oxidation sites excluding steroid dienone is 1. The highest BCUT2D eigenvalue weighted by Crippen LogP contribution is 2.08. The molecule has 0 aliphatic rings. The van der Waals surface area contributed by atoms with Crippen LogP contribution < -0.4 is 0 Å². The maximum Gasteiger partial charge on any atom is 0.0525 e. The van der Waals surface area contributed by atoms with Gasteiger partial charge in [-0.1, -0.05) is 26.0 Å². The molecule has 84 valence electrons. The van der Waals surface area contributed by atoms with Crippen LogP contribution in [-0.4, -0.2) is 24.9 Å². The Morgan fingerprint density at radius 1 is 1.36 bits per heavy atom. The molecule has 2 unspecified atom stereocenters. The van der Waals surface area contributed by atoms with Crippen LogP contribution in [0.4, 0.5) is 0 Å². The minimum Gasteiger partial charge on any atom is -0.396 e. The number of aliphatic hydroxyl groups is 1. The molecule has 0 aromatic rings. The van der Waals surface area contributed by atoms with Crippen LogP contribution >= 0.6 is 0 Å². The summed E-state index contributed by atoms with van der Waals surface area (Å²) in [7, 11) is 0. The van der Waals surface area contributed by atoms with Crippen molar-refractivity contribution in [2.45, 2.75) is 33.6 Å². The second kappa shape index (κ2) is 9.22. The maximum atomic E-state index is 8.72. The summed E-state index contributed by atoms with van der Waals surface area (Å²) in [5.74, 6) is 1.08. The SMILES string of the molecule is CCOCC(C)/C=C/CC(C)CCO. The molecular formula is C12H24O2. The average molecular weight is 200 g/mol. The first kappa shape index (κ1) is 13.7. The Labute approximate surface area is 88.0 Å². The average Bonchev–Trinajstić information content (AvgIpc) is 2.15. The van der Waals surface area contributed by atoms with Crippen molar-refractivity contribution in [2.24, 2.45) is 11.8 Å². The van der Waals surface area contributed by atoms with Crippen molar-refractivity contribution >= 4 is 0 Å². The van der Waals surface area contributed by atoms with Gasteiger partial charge >= 0.3 is 0 Å². The molecule has 0 fully saturated rings. The van der Waals surface area contributed by atoms with Gasteiger partial charge in [0.05, 0.1) is 6.61 Å².